The molecule has 19 heavy (non-hydrogen) atoms. The number of anilines is 1. The number of aryl methyl sites for hydroxylation is 2. The minimum absolute atomic E-state index is 0.0177. The maximum Gasteiger partial charge on any atom is 0.319 e. The molecular weight excluding hydrogens is 240 g/mol. The van der Waals surface area contributed by atoms with E-state index in [0.717, 1.165) is 16.8 Å². The van der Waals surface area contributed by atoms with Gasteiger partial charge in [-0.15, -0.1) is 0 Å². The van der Waals surface area contributed by atoms with Crippen molar-refractivity contribution in [2.24, 2.45) is 5.92 Å². The third-order valence-electron chi connectivity index (χ3n) is 3.04. The standard InChI is InChI=1S/C15H24N2O2/c1-10(2)14(5-6-18)17-15(19)16-13-8-11(3)7-12(4)9-13/h7-10,14,18H,5-6H2,1-4H3,(H2,16,17,19). The van der Waals surface area contributed by atoms with E-state index in [0.29, 0.717) is 6.42 Å². The molecule has 0 heterocycles. The van der Waals surface area contributed by atoms with E-state index < -0.39 is 0 Å². The van der Waals surface area contributed by atoms with Crippen LogP contribution in [0.5, 0.6) is 0 Å². The first kappa shape index (κ1) is 15.5. The molecule has 3 N–H and O–H groups in total. The molecule has 0 aliphatic carbocycles. The van der Waals surface area contributed by atoms with Crippen LogP contribution in [0.1, 0.15) is 31.4 Å². The second-order valence-electron chi connectivity index (χ2n) is 5.34. The Labute approximate surface area is 115 Å². The number of nitrogens with one attached hydrogen (secondary N) is 2. The summed E-state index contributed by atoms with van der Waals surface area (Å²) in [7, 11) is 0. The zero-order chi connectivity index (χ0) is 14.4. The van der Waals surface area contributed by atoms with Crippen LogP contribution in [0.4, 0.5) is 10.5 Å². The van der Waals surface area contributed by atoms with Gasteiger partial charge in [0.05, 0.1) is 0 Å². The average Bonchev–Trinajstić information content (AvgIpc) is 2.26. The predicted molar refractivity (Wildman–Crippen MR) is 78.4 cm³/mol. The van der Waals surface area contributed by atoms with Gasteiger partial charge in [0.2, 0.25) is 0 Å². The zero-order valence-electron chi connectivity index (χ0n) is 12.2. The molecule has 1 rings (SSSR count). The van der Waals surface area contributed by atoms with Crippen molar-refractivity contribution < 1.29 is 9.90 Å². The van der Waals surface area contributed by atoms with E-state index in [1.165, 1.54) is 0 Å². The number of carbonyl (C=O) groups is 1. The van der Waals surface area contributed by atoms with E-state index in [1.807, 2.05) is 39.8 Å². The van der Waals surface area contributed by atoms with Crippen LogP contribution in [0.15, 0.2) is 18.2 Å². The summed E-state index contributed by atoms with van der Waals surface area (Å²) in [6, 6.07) is 5.69. The molecular formula is C15H24N2O2. The number of hydrogen-bond acceptors (Lipinski definition) is 2. The molecule has 4 nitrogen and oxygen atoms in total. The quantitative estimate of drug-likeness (QED) is 0.766. The fraction of sp³-hybridized carbons (Fsp3) is 0.533. The SMILES string of the molecule is Cc1cc(C)cc(NC(=O)NC(CCO)C(C)C)c1. The minimum atomic E-state index is -0.225. The molecule has 0 saturated carbocycles. The lowest BCUT2D eigenvalue weighted by Crippen LogP contribution is -2.41. The second-order valence-corrected chi connectivity index (χ2v) is 5.34. The Balaban J connectivity index is 2.63. The number of hydrogen-bond donors (Lipinski definition) is 3. The molecule has 0 spiro atoms. The van der Waals surface area contributed by atoms with Gasteiger partial charge in [0.1, 0.15) is 0 Å². The van der Waals surface area contributed by atoms with Crippen LogP contribution in [-0.2, 0) is 0 Å². The monoisotopic (exact) mass is 264 g/mol. The number of benzene rings is 1. The first-order chi connectivity index (χ1) is 8.92. The fourth-order valence-corrected chi connectivity index (χ4v) is 2.09. The van der Waals surface area contributed by atoms with Gasteiger partial charge in [0.15, 0.2) is 0 Å². The lowest BCUT2D eigenvalue weighted by atomic mass is 10.0. The highest BCUT2D eigenvalue weighted by atomic mass is 16.3. The van der Waals surface area contributed by atoms with E-state index in [9.17, 15) is 4.79 Å². The molecule has 0 bridgehead atoms. The Hall–Kier alpha value is -1.55. The summed E-state index contributed by atoms with van der Waals surface area (Å²) in [5, 5.41) is 14.7. The first-order valence-electron chi connectivity index (χ1n) is 6.69. The predicted octanol–water partition coefficient (Wildman–Crippen LogP) is 2.83. The molecule has 0 saturated heterocycles. The van der Waals surface area contributed by atoms with E-state index in [2.05, 4.69) is 16.7 Å². The first-order valence-corrected chi connectivity index (χ1v) is 6.69. The molecule has 2 amide bonds. The van der Waals surface area contributed by atoms with Crippen molar-refractivity contribution in [3.63, 3.8) is 0 Å². The van der Waals surface area contributed by atoms with Crippen molar-refractivity contribution in [1.29, 1.82) is 0 Å². The summed E-state index contributed by atoms with van der Waals surface area (Å²) in [5.74, 6) is 0.289. The van der Waals surface area contributed by atoms with E-state index >= 15 is 0 Å². The Morgan fingerprint density at radius 1 is 1.21 bits per heavy atom. The number of aliphatic hydroxyl groups excluding tert-OH is 1. The third kappa shape index (κ3) is 5.30. The molecule has 0 radical (unpaired) electrons. The van der Waals surface area contributed by atoms with Crippen molar-refractivity contribution in [1.82, 2.24) is 5.32 Å². The topological polar surface area (TPSA) is 61.4 Å². The highest BCUT2D eigenvalue weighted by Gasteiger charge is 2.15. The Bertz CT molecular complexity index is 410. The summed E-state index contributed by atoms with van der Waals surface area (Å²) in [5.41, 5.74) is 3.03. The van der Waals surface area contributed by atoms with Gasteiger partial charge in [0, 0.05) is 18.3 Å². The van der Waals surface area contributed by atoms with Crippen molar-refractivity contribution in [3.8, 4) is 0 Å². The molecule has 0 aliphatic rings. The summed E-state index contributed by atoms with van der Waals surface area (Å²) < 4.78 is 0. The van der Waals surface area contributed by atoms with E-state index in [4.69, 9.17) is 5.11 Å². The molecule has 1 atom stereocenters. The Morgan fingerprint density at radius 3 is 2.26 bits per heavy atom. The maximum atomic E-state index is 11.9. The van der Waals surface area contributed by atoms with Gasteiger partial charge in [-0.1, -0.05) is 19.9 Å². The van der Waals surface area contributed by atoms with Gasteiger partial charge in [0.25, 0.3) is 0 Å². The molecule has 106 valence electrons. The molecule has 1 unspecified atom stereocenters. The normalized spacial score (nSPS) is 12.3. The zero-order valence-corrected chi connectivity index (χ0v) is 12.2. The van der Waals surface area contributed by atoms with Crippen LogP contribution in [0.3, 0.4) is 0 Å². The van der Waals surface area contributed by atoms with Crippen molar-refractivity contribution in [3.05, 3.63) is 29.3 Å². The lowest BCUT2D eigenvalue weighted by Gasteiger charge is -2.21. The molecule has 0 aromatic heterocycles. The third-order valence-corrected chi connectivity index (χ3v) is 3.04. The number of amides is 2. The Kier molecular flexibility index (Phi) is 5.83. The van der Waals surface area contributed by atoms with Gasteiger partial charge in [-0.25, -0.2) is 4.79 Å². The molecule has 0 aliphatic heterocycles. The molecule has 1 aromatic carbocycles. The van der Waals surface area contributed by atoms with Crippen molar-refractivity contribution in [2.45, 2.75) is 40.2 Å². The summed E-state index contributed by atoms with van der Waals surface area (Å²) >= 11 is 0. The number of aliphatic hydroxyl groups is 1. The van der Waals surface area contributed by atoms with Gasteiger partial charge < -0.3 is 15.7 Å². The van der Waals surface area contributed by atoms with Crippen LogP contribution in [0.25, 0.3) is 0 Å². The van der Waals surface area contributed by atoms with Crippen LogP contribution in [-0.4, -0.2) is 23.8 Å². The second kappa shape index (κ2) is 7.14. The van der Waals surface area contributed by atoms with Gasteiger partial charge in [-0.3, -0.25) is 0 Å². The minimum Gasteiger partial charge on any atom is -0.396 e. The maximum absolute atomic E-state index is 11.9. The van der Waals surface area contributed by atoms with Crippen molar-refractivity contribution in [2.75, 3.05) is 11.9 Å². The van der Waals surface area contributed by atoms with E-state index in [1.54, 1.807) is 0 Å². The van der Waals surface area contributed by atoms with Crippen molar-refractivity contribution >= 4 is 11.7 Å². The smallest absolute Gasteiger partial charge is 0.319 e. The summed E-state index contributed by atoms with van der Waals surface area (Å²) in [6.45, 7) is 8.12. The highest BCUT2D eigenvalue weighted by molar-refractivity contribution is 5.89. The molecule has 0 fully saturated rings. The molecule has 1 aromatic rings. The average molecular weight is 264 g/mol. The largest absolute Gasteiger partial charge is 0.396 e. The number of urea groups is 1. The molecule has 4 heteroatoms. The number of carbonyl (C=O) groups excluding carboxylic acids is 1. The van der Waals surface area contributed by atoms with Crippen LogP contribution in [0, 0.1) is 19.8 Å². The lowest BCUT2D eigenvalue weighted by molar-refractivity contribution is 0.227. The van der Waals surface area contributed by atoms with E-state index in [-0.39, 0.29) is 24.6 Å². The van der Waals surface area contributed by atoms with Crippen LogP contribution in [0.2, 0.25) is 0 Å². The van der Waals surface area contributed by atoms with Gasteiger partial charge in [-0.05, 0) is 49.4 Å². The van der Waals surface area contributed by atoms with Crippen LogP contribution >= 0.6 is 0 Å². The van der Waals surface area contributed by atoms with Crippen LogP contribution < -0.4 is 10.6 Å². The Morgan fingerprint density at radius 2 is 1.79 bits per heavy atom. The highest BCUT2D eigenvalue weighted by Crippen LogP contribution is 2.14. The van der Waals surface area contributed by atoms with Gasteiger partial charge in [-0.2, -0.15) is 0 Å². The summed E-state index contributed by atoms with van der Waals surface area (Å²) in [4.78, 5) is 11.9. The van der Waals surface area contributed by atoms with Gasteiger partial charge >= 0.3 is 6.03 Å². The number of rotatable bonds is 5. The fourth-order valence-electron chi connectivity index (χ4n) is 2.09. The summed E-state index contributed by atoms with van der Waals surface area (Å²) in [6.07, 6.45) is 0.567.